The number of likely N-dealkylation sites (tertiary alicyclic amines) is 1. The number of nitrogens with zero attached hydrogens (tertiary/aromatic N) is 5. The first-order valence-corrected chi connectivity index (χ1v) is 13.3. The van der Waals surface area contributed by atoms with E-state index in [1.165, 1.54) is 19.3 Å². The van der Waals surface area contributed by atoms with E-state index in [1.807, 2.05) is 28.5 Å². The SMILES string of the molecule is O=C(c1csc(C2CCN(C(=O)C3CCCCC3)CC2)n1)N1CCN(c2ccccn2)CC1. The van der Waals surface area contributed by atoms with E-state index in [1.54, 1.807) is 17.5 Å². The smallest absolute Gasteiger partial charge is 0.273 e. The largest absolute Gasteiger partial charge is 0.353 e. The first-order valence-electron chi connectivity index (χ1n) is 12.4. The van der Waals surface area contributed by atoms with Gasteiger partial charge in [-0.2, -0.15) is 0 Å². The highest BCUT2D eigenvalue weighted by Crippen LogP contribution is 2.33. The van der Waals surface area contributed by atoms with Crippen LogP contribution in [0.5, 0.6) is 0 Å². The van der Waals surface area contributed by atoms with Gasteiger partial charge in [-0.3, -0.25) is 9.59 Å². The van der Waals surface area contributed by atoms with Crippen LogP contribution in [0.15, 0.2) is 29.8 Å². The van der Waals surface area contributed by atoms with Crippen LogP contribution in [0.2, 0.25) is 0 Å². The van der Waals surface area contributed by atoms with Crippen molar-refractivity contribution < 1.29 is 9.59 Å². The van der Waals surface area contributed by atoms with Gasteiger partial charge in [0.1, 0.15) is 11.5 Å². The molecule has 0 spiro atoms. The van der Waals surface area contributed by atoms with Crippen molar-refractivity contribution in [1.82, 2.24) is 19.8 Å². The Morgan fingerprint density at radius 2 is 1.64 bits per heavy atom. The number of carbonyl (C=O) groups excluding carboxylic acids is 2. The topological polar surface area (TPSA) is 69.6 Å². The van der Waals surface area contributed by atoms with Crippen LogP contribution < -0.4 is 4.90 Å². The van der Waals surface area contributed by atoms with E-state index in [0.29, 0.717) is 30.6 Å². The Bertz CT molecular complexity index is 943. The molecule has 1 aliphatic carbocycles. The Balaban J connectivity index is 1.12. The summed E-state index contributed by atoms with van der Waals surface area (Å²) in [6.45, 7) is 4.57. The molecule has 2 aromatic rings. The van der Waals surface area contributed by atoms with Crippen LogP contribution in [-0.2, 0) is 4.79 Å². The summed E-state index contributed by atoms with van der Waals surface area (Å²) in [6.07, 6.45) is 9.49. The van der Waals surface area contributed by atoms with Crippen molar-refractivity contribution in [2.24, 2.45) is 5.92 Å². The van der Waals surface area contributed by atoms with E-state index < -0.39 is 0 Å². The molecule has 0 radical (unpaired) electrons. The van der Waals surface area contributed by atoms with Gasteiger partial charge in [0.2, 0.25) is 5.91 Å². The number of rotatable bonds is 4. The summed E-state index contributed by atoms with van der Waals surface area (Å²) >= 11 is 1.60. The quantitative estimate of drug-likeness (QED) is 0.684. The third-order valence-electron chi connectivity index (χ3n) is 7.39. The average Bonchev–Trinajstić information content (AvgIpc) is 3.39. The summed E-state index contributed by atoms with van der Waals surface area (Å²) in [4.78, 5) is 41.2. The molecule has 4 heterocycles. The molecule has 0 aromatic carbocycles. The highest BCUT2D eigenvalue weighted by atomic mass is 32.1. The predicted molar refractivity (Wildman–Crippen MR) is 130 cm³/mol. The minimum atomic E-state index is 0.0306. The van der Waals surface area contributed by atoms with Gasteiger partial charge in [-0.25, -0.2) is 9.97 Å². The lowest BCUT2D eigenvalue weighted by molar-refractivity contribution is -0.137. The fourth-order valence-corrected chi connectivity index (χ4v) is 6.33. The van der Waals surface area contributed by atoms with Crippen molar-refractivity contribution in [3.63, 3.8) is 0 Å². The molecule has 8 heteroatoms. The standard InChI is InChI=1S/C25H33N5O2S/c31-24(20-6-2-1-3-7-20)29-12-9-19(10-13-29)23-27-21(18-33-23)25(32)30-16-14-28(15-17-30)22-8-4-5-11-26-22/h4-5,8,11,18-20H,1-3,6-7,9-10,12-17H2. The lowest BCUT2D eigenvalue weighted by Gasteiger charge is -2.35. The van der Waals surface area contributed by atoms with E-state index >= 15 is 0 Å². The van der Waals surface area contributed by atoms with Crippen molar-refractivity contribution in [2.75, 3.05) is 44.2 Å². The number of piperazine rings is 1. The van der Waals surface area contributed by atoms with E-state index in [-0.39, 0.29) is 11.8 Å². The van der Waals surface area contributed by atoms with Crippen LogP contribution in [0, 0.1) is 5.92 Å². The normalized spacial score (nSPS) is 20.8. The zero-order valence-corrected chi connectivity index (χ0v) is 20.0. The molecule has 2 aromatic heterocycles. The zero-order chi connectivity index (χ0) is 22.6. The molecule has 0 unspecified atom stereocenters. The molecule has 176 valence electrons. The van der Waals surface area contributed by atoms with Gasteiger partial charge >= 0.3 is 0 Å². The van der Waals surface area contributed by atoms with Crippen LogP contribution in [0.1, 0.15) is 66.4 Å². The maximum atomic E-state index is 13.0. The summed E-state index contributed by atoms with van der Waals surface area (Å²) in [5.41, 5.74) is 0.571. The second kappa shape index (κ2) is 10.2. The van der Waals surface area contributed by atoms with Crippen LogP contribution in [0.4, 0.5) is 5.82 Å². The van der Waals surface area contributed by atoms with Crippen molar-refractivity contribution in [3.05, 3.63) is 40.5 Å². The fraction of sp³-hybridized carbons (Fsp3) is 0.600. The molecule has 7 nitrogen and oxygen atoms in total. The molecule has 2 saturated heterocycles. The minimum Gasteiger partial charge on any atom is -0.353 e. The van der Waals surface area contributed by atoms with E-state index in [9.17, 15) is 9.59 Å². The monoisotopic (exact) mass is 467 g/mol. The number of anilines is 1. The Labute approximate surface area is 199 Å². The second-order valence-corrected chi connectivity index (χ2v) is 10.4. The van der Waals surface area contributed by atoms with Crippen molar-refractivity contribution in [1.29, 1.82) is 0 Å². The number of hydrogen-bond acceptors (Lipinski definition) is 6. The van der Waals surface area contributed by atoms with Gasteiger partial charge < -0.3 is 14.7 Å². The third-order valence-corrected chi connectivity index (χ3v) is 8.40. The third kappa shape index (κ3) is 5.05. The highest BCUT2D eigenvalue weighted by molar-refractivity contribution is 7.09. The maximum absolute atomic E-state index is 13.0. The maximum Gasteiger partial charge on any atom is 0.273 e. The predicted octanol–water partition coefficient (Wildman–Crippen LogP) is 3.79. The summed E-state index contributed by atoms with van der Waals surface area (Å²) in [5, 5.41) is 2.97. The Morgan fingerprint density at radius 1 is 0.879 bits per heavy atom. The molecular weight excluding hydrogens is 434 g/mol. The molecule has 0 bridgehead atoms. The molecule has 2 aliphatic heterocycles. The number of pyridine rings is 1. The number of hydrogen-bond donors (Lipinski definition) is 0. The van der Waals surface area contributed by atoms with Gasteiger partial charge in [0.05, 0.1) is 5.01 Å². The van der Waals surface area contributed by atoms with E-state index in [0.717, 1.165) is 62.7 Å². The molecule has 0 atom stereocenters. The molecule has 1 saturated carbocycles. The number of carbonyl (C=O) groups is 2. The van der Waals surface area contributed by atoms with Gasteiger partial charge in [0.15, 0.2) is 0 Å². The molecule has 5 rings (SSSR count). The number of piperidine rings is 1. The van der Waals surface area contributed by atoms with Crippen LogP contribution >= 0.6 is 11.3 Å². The van der Waals surface area contributed by atoms with Gasteiger partial charge in [0.25, 0.3) is 5.91 Å². The fourth-order valence-electron chi connectivity index (χ4n) is 5.37. The second-order valence-electron chi connectivity index (χ2n) is 9.47. The van der Waals surface area contributed by atoms with Crippen LogP contribution in [-0.4, -0.2) is 70.9 Å². The summed E-state index contributed by atoms with van der Waals surface area (Å²) in [7, 11) is 0. The lowest BCUT2D eigenvalue weighted by Crippen LogP contribution is -2.49. The van der Waals surface area contributed by atoms with Gasteiger partial charge in [-0.15, -0.1) is 11.3 Å². The van der Waals surface area contributed by atoms with Crippen molar-refractivity contribution in [2.45, 2.75) is 50.9 Å². The molecule has 0 N–H and O–H groups in total. The van der Waals surface area contributed by atoms with E-state index in [4.69, 9.17) is 4.98 Å². The Morgan fingerprint density at radius 3 is 2.33 bits per heavy atom. The molecule has 33 heavy (non-hydrogen) atoms. The van der Waals surface area contributed by atoms with Crippen molar-refractivity contribution >= 4 is 29.0 Å². The van der Waals surface area contributed by atoms with Crippen molar-refractivity contribution in [3.8, 4) is 0 Å². The van der Waals surface area contributed by atoms with Gasteiger partial charge in [-0.05, 0) is 37.8 Å². The van der Waals surface area contributed by atoms with Gasteiger partial charge in [0, 0.05) is 62.7 Å². The molecular formula is C25H33N5O2S. The highest BCUT2D eigenvalue weighted by Gasteiger charge is 2.31. The number of thiazole rings is 1. The number of amides is 2. The first kappa shape index (κ1) is 22.3. The Hall–Kier alpha value is -2.48. The summed E-state index contributed by atoms with van der Waals surface area (Å²) in [5.74, 6) is 1.97. The van der Waals surface area contributed by atoms with Gasteiger partial charge in [-0.1, -0.05) is 25.3 Å². The first-order chi connectivity index (χ1) is 16.2. The zero-order valence-electron chi connectivity index (χ0n) is 19.2. The van der Waals surface area contributed by atoms with Crippen LogP contribution in [0.25, 0.3) is 0 Å². The number of aromatic nitrogens is 2. The molecule has 3 aliphatic rings. The van der Waals surface area contributed by atoms with E-state index in [2.05, 4.69) is 14.8 Å². The molecule has 3 fully saturated rings. The lowest BCUT2D eigenvalue weighted by atomic mass is 9.87. The van der Waals surface area contributed by atoms with Crippen LogP contribution in [0.3, 0.4) is 0 Å². The minimum absolute atomic E-state index is 0.0306. The average molecular weight is 468 g/mol. The molecule has 2 amide bonds. The summed E-state index contributed by atoms with van der Waals surface area (Å²) < 4.78 is 0. The summed E-state index contributed by atoms with van der Waals surface area (Å²) in [6, 6.07) is 5.92. The Kier molecular flexibility index (Phi) is 6.90.